The van der Waals surface area contributed by atoms with E-state index < -0.39 is 42.8 Å². The molecule has 40 heavy (non-hydrogen) atoms. The summed E-state index contributed by atoms with van der Waals surface area (Å²) in [6, 6.07) is 4.66. The molecule has 10 nitrogen and oxygen atoms in total. The van der Waals surface area contributed by atoms with Crippen molar-refractivity contribution in [2.45, 2.75) is 95.1 Å². The lowest BCUT2D eigenvalue weighted by molar-refractivity contribution is 0.221. The van der Waals surface area contributed by atoms with E-state index in [9.17, 15) is 0 Å². The van der Waals surface area contributed by atoms with Crippen molar-refractivity contribution in [2.75, 3.05) is 68.0 Å². The normalized spacial score (nSPS) is 33.8. The minimum absolute atomic E-state index is 0.931. The third kappa shape index (κ3) is 14.9. The van der Waals surface area contributed by atoms with E-state index in [2.05, 4.69) is 59.3 Å². The molecule has 1 heterocycles. The monoisotopic (exact) mass is 655 g/mol. The van der Waals surface area contributed by atoms with Crippen LogP contribution in [0.5, 0.6) is 0 Å². The Labute approximate surface area is 252 Å². The largest absolute Gasteiger partial charge is 0.416 e. The van der Waals surface area contributed by atoms with Gasteiger partial charge in [-0.05, 0) is 163 Å². The molecular formula is C25H65N5O5Si5. The van der Waals surface area contributed by atoms with Crippen LogP contribution in [-0.2, 0) is 20.6 Å². The van der Waals surface area contributed by atoms with Crippen LogP contribution in [0, 0.1) is 0 Å². The van der Waals surface area contributed by atoms with Gasteiger partial charge in [0.1, 0.15) is 0 Å². The second-order valence-corrected chi connectivity index (χ2v) is 30.1. The van der Waals surface area contributed by atoms with Gasteiger partial charge in [-0.25, -0.2) is 0 Å². The van der Waals surface area contributed by atoms with E-state index in [0.717, 1.165) is 95.0 Å². The Morgan fingerprint density at radius 1 is 0.325 bits per heavy atom. The summed E-state index contributed by atoms with van der Waals surface area (Å²) in [4.78, 5) is 0. The van der Waals surface area contributed by atoms with Crippen LogP contribution in [-0.4, -0.2) is 111 Å². The fraction of sp³-hybridized carbons (Fsp3) is 1.00. The lowest BCUT2D eigenvalue weighted by Crippen LogP contribution is -2.67. The van der Waals surface area contributed by atoms with Gasteiger partial charge < -0.3 is 47.2 Å². The number of hydrogen-bond donors (Lipinski definition) is 5. The highest BCUT2D eigenvalue weighted by atomic mass is 28.5. The average Bonchev–Trinajstić information content (AvgIpc) is 2.83. The zero-order valence-corrected chi connectivity index (χ0v) is 32.6. The Bertz CT molecular complexity index is 550. The summed E-state index contributed by atoms with van der Waals surface area (Å²) in [6.45, 7) is 16.1. The molecule has 0 aromatic rings. The van der Waals surface area contributed by atoms with Crippen molar-refractivity contribution in [3.05, 3.63) is 0 Å². The van der Waals surface area contributed by atoms with Gasteiger partial charge in [-0.3, -0.25) is 0 Å². The summed E-state index contributed by atoms with van der Waals surface area (Å²) in [5.74, 6) is 0. The van der Waals surface area contributed by atoms with E-state index in [0.29, 0.717) is 0 Å². The molecule has 0 aliphatic carbocycles. The molecule has 1 rings (SSSR count). The maximum absolute atomic E-state index is 7.33. The summed E-state index contributed by atoms with van der Waals surface area (Å²) >= 11 is 0. The first-order valence-electron chi connectivity index (χ1n) is 15.6. The molecule has 1 saturated heterocycles. The lowest BCUT2D eigenvalue weighted by Gasteiger charge is -2.50. The maximum Gasteiger partial charge on any atom is 0.317 e. The van der Waals surface area contributed by atoms with Crippen molar-refractivity contribution in [2.24, 2.45) is 0 Å². The molecule has 0 saturated carbocycles. The minimum atomic E-state index is -2.65. The first-order chi connectivity index (χ1) is 18.8. The van der Waals surface area contributed by atoms with Crippen molar-refractivity contribution in [1.29, 1.82) is 0 Å². The first-order valence-corrected chi connectivity index (χ1v) is 28.2. The van der Waals surface area contributed by atoms with Gasteiger partial charge in [0.2, 0.25) is 0 Å². The van der Waals surface area contributed by atoms with Gasteiger partial charge in [0.25, 0.3) is 0 Å². The molecule has 1 fully saturated rings. The van der Waals surface area contributed by atoms with Crippen LogP contribution in [0.4, 0.5) is 0 Å². The number of hydrogen-bond acceptors (Lipinski definition) is 10. The molecule has 0 aromatic heterocycles. The third-order valence-electron chi connectivity index (χ3n) is 7.45. The average molecular weight is 656 g/mol. The van der Waals surface area contributed by atoms with E-state index in [1.54, 1.807) is 0 Å². The standard InChI is InChI=1S/C25H65N5O5Si5/c1-26-16-11-21-36(6)31-37(7,22-12-17-27-2)33-39(9,24-14-19-29-4)35-40(10,25-15-20-30-5)34-38(8,32-36)23-13-18-28-3/h26-30H,11-25H2,1-10H3. The highest BCUT2D eigenvalue weighted by Crippen LogP contribution is 2.38. The molecule has 240 valence electrons. The van der Waals surface area contributed by atoms with E-state index in [4.69, 9.17) is 20.6 Å². The highest BCUT2D eigenvalue weighted by Gasteiger charge is 2.56. The van der Waals surface area contributed by atoms with Crippen LogP contribution in [0.1, 0.15) is 32.1 Å². The first kappa shape index (κ1) is 38.7. The Morgan fingerprint density at radius 2 is 0.475 bits per heavy atom. The van der Waals surface area contributed by atoms with Crippen molar-refractivity contribution >= 4 is 42.8 Å². The van der Waals surface area contributed by atoms with Crippen LogP contribution in [0.25, 0.3) is 0 Å². The summed E-state index contributed by atoms with van der Waals surface area (Å²) in [5, 5.41) is 16.6. The Morgan fingerprint density at radius 3 is 0.600 bits per heavy atom. The quantitative estimate of drug-likeness (QED) is 0.0989. The van der Waals surface area contributed by atoms with Gasteiger partial charge in [-0.15, -0.1) is 0 Å². The molecule has 0 radical (unpaired) electrons. The second-order valence-electron chi connectivity index (χ2n) is 12.2. The molecule has 1 aliphatic rings. The molecule has 0 bridgehead atoms. The highest BCUT2D eigenvalue weighted by molar-refractivity contribution is 6.94. The smallest absolute Gasteiger partial charge is 0.317 e. The molecule has 0 amide bonds. The lowest BCUT2D eigenvalue weighted by atomic mass is 10.5. The molecule has 1 aliphatic heterocycles. The molecule has 15 heteroatoms. The van der Waals surface area contributed by atoms with Crippen molar-refractivity contribution in [3.63, 3.8) is 0 Å². The van der Waals surface area contributed by atoms with Gasteiger partial charge in [0.15, 0.2) is 0 Å². The SMILES string of the molecule is CNCCC[Si]1(C)O[Si](C)(CCCNC)O[Si](C)(CCCNC)O[Si](C)(CCCNC)O[Si](C)(CCCNC)O1. The van der Waals surface area contributed by atoms with Gasteiger partial charge in [0.05, 0.1) is 0 Å². The topological polar surface area (TPSA) is 106 Å². The summed E-state index contributed by atoms with van der Waals surface area (Å²) in [5.41, 5.74) is 0. The van der Waals surface area contributed by atoms with E-state index in [-0.39, 0.29) is 0 Å². The fourth-order valence-corrected chi connectivity index (χ4v) is 35.0. The summed E-state index contributed by atoms with van der Waals surface area (Å²) in [6.07, 6.45) is 5.10. The van der Waals surface area contributed by atoms with Gasteiger partial charge >= 0.3 is 42.8 Å². The molecular weight excluding hydrogens is 591 g/mol. The minimum Gasteiger partial charge on any atom is -0.416 e. The zero-order chi connectivity index (χ0) is 30.2. The van der Waals surface area contributed by atoms with Gasteiger partial charge in [0, 0.05) is 0 Å². The van der Waals surface area contributed by atoms with Crippen molar-refractivity contribution < 1.29 is 20.6 Å². The van der Waals surface area contributed by atoms with Crippen LogP contribution in [0.2, 0.25) is 63.0 Å². The maximum atomic E-state index is 7.33. The Hall–Kier alpha value is 0.684. The molecule has 0 spiro atoms. The summed E-state index contributed by atoms with van der Waals surface area (Å²) in [7, 11) is -3.16. The summed E-state index contributed by atoms with van der Waals surface area (Å²) < 4.78 is 36.6. The third-order valence-corrected chi connectivity index (χ3v) is 31.0. The molecule has 5 N–H and O–H groups in total. The van der Waals surface area contributed by atoms with E-state index >= 15 is 0 Å². The predicted molar refractivity (Wildman–Crippen MR) is 180 cm³/mol. The van der Waals surface area contributed by atoms with Crippen LogP contribution >= 0.6 is 0 Å². The zero-order valence-electron chi connectivity index (χ0n) is 27.6. The van der Waals surface area contributed by atoms with E-state index in [1.165, 1.54) is 0 Å². The molecule has 0 atom stereocenters. The van der Waals surface area contributed by atoms with Crippen LogP contribution in [0.3, 0.4) is 0 Å². The van der Waals surface area contributed by atoms with Crippen LogP contribution in [0.15, 0.2) is 0 Å². The Kier molecular flexibility index (Phi) is 18.5. The van der Waals surface area contributed by atoms with Gasteiger partial charge in [-0.2, -0.15) is 0 Å². The Balaban J connectivity index is 3.64. The number of nitrogens with one attached hydrogen (secondary N) is 5. The van der Waals surface area contributed by atoms with Crippen molar-refractivity contribution in [3.8, 4) is 0 Å². The van der Waals surface area contributed by atoms with E-state index in [1.807, 2.05) is 35.2 Å². The molecule has 0 unspecified atom stereocenters. The molecule has 0 aromatic carbocycles. The van der Waals surface area contributed by atoms with Crippen molar-refractivity contribution in [1.82, 2.24) is 26.6 Å². The van der Waals surface area contributed by atoms with Crippen LogP contribution < -0.4 is 26.6 Å². The predicted octanol–water partition coefficient (Wildman–Crippen LogP) is 3.49. The fourth-order valence-electron chi connectivity index (χ4n) is 5.83. The van der Waals surface area contributed by atoms with Gasteiger partial charge in [-0.1, -0.05) is 0 Å². The number of rotatable bonds is 20. The second kappa shape index (κ2) is 19.2.